The van der Waals surface area contributed by atoms with Crippen molar-refractivity contribution in [3.63, 3.8) is 0 Å². The predicted molar refractivity (Wildman–Crippen MR) is 101 cm³/mol. The molecule has 1 aromatic rings. The molecule has 0 unspecified atom stereocenters. The van der Waals surface area contributed by atoms with Gasteiger partial charge in [0.25, 0.3) is 0 Å². The number of hydrogen-bond donors (Lipinski definition) is 1. The summed E-state index contributed by atoms with van der Waals surface area (Å²) in [4.78, 5) is 15.7. The van der Waals surface area contributed by atoms with Crippen LogP contribution in [0, 0.1) is 0 Å². The summed E-state index contributed by atoms with van der Waals surface area (Å²) >= 11 is 0. The molecule has 2 aliphatic rings. The first-order valence-electron chi connectivity index (χ1n) is 9.81. The van der Waals surface area contributed by atoms with Crippen LogP contribution in [0.5, 0.6) is 0 Å². The number of hydrogen-bond acceptors (Lipinski definition) is 3. The molecule has 0 saturated carbocycles. The van der Waals surface area contributed by atoms with Crippen LogP contribution in [-0.4, -0.2) is 49.2 Å². The fourth-order valence-corrected chi connectivity index (χ4v) is 4.43. The van der Waals surface area contributed by atoms with E-state index in [9.17, 15) is 4.79 Å². The average molecular weight is 344 g/mol. The molecule has 25 heavy (non-hydrogen) atoms. The number of nitrogens with zero attached hydrogens (tertiary/aromatic N) is 1. The van der Waals surface area contributed by atoms with Crippen molar-refractivity contribution in [1.29, 1.82) is 0 Å². The van der Waals surface area contributed by atoms with Gasteiger partial charge < -0.3 is 10.1 Å². The van der Waals surface area contributed by atoms with E-state index in [1.54, 1.807) is 0 Å². The van der Waals surface area contributed by atoms with E-state index in [-0.39, 0.29) is 5.91 Å². The number of amides is 1. The molecule has 0 radical (unpaired) electrons. The van der Waals surface area contributed by atoms with Crippen LogP contribution >= 0.6 is 0 Å². The van der Waals surface area contributed by atoms with Gasteiger partial charge in [-0.05, 0) is 51.6 Å². The van der Waals surface area contributed by atoms with Crippen molar-refractivity contribution >= 4 is 5.91 Å². The van der Waals surface area contributed by atoms with Crippen molar-refractivity contribution in [3.05, 3.63) is 35.9 Å². The number of likely N-dealkylation sites (tertiary alicyclic amines) is 1. The summed E-state index contributed by atoms with van der Waals surface area (Å²) in [5.41, 5.74) is 0.682. The van der Waals surface area contributed by atoms with Crippen LogP contribution in [0.1, 0.15) is 51.5 Å². The topological polar surface area (TPSA) is 41.6 Å². The van der Waals surface area contributed by atoms with Gasteiger partial charge >= 0.3 is 0 Å². The normalized spacial score (nSPS) is 25.3. The molecular weight excluding hydrogens is 312 g/mol. The van der Waals surface area contributed by atoms with Crippen LogP contribution in [0.25, 0.3) is 0 Å². The molecule has 1 amide bonds. The highest BCUT2D eigenvalue weighted by Crippen LogP contribution is 2.35. The van der Waals surface area contributed by atoms with E-state index < -0.39 is 5.41 Å². The molecule has 2 atom stereocenters. The molecule has 4 nitrogen and oxygen atoms in total. The van der Waals surface area contributed by atoms with Gasteiger partial charge in [-0.3, -0.25) is 9.69 Å². The number of benzene rings is 1. The Morgan fingerprint density at radius 1 is 1.28 bits per heavy atom. The number of nitrogens with one attached hydrogen (secondary N) is 1. The quantitative estimate of drug-likeness (QED) is 0.892. The van der Waals surface area contributed by atoms with E-state index in [1.165, 1.54) is 19.3 Å². The Hall–Kier alpha value is -1.39. The lowest BCUT2D eigenvalue weighted by Gasteiger charge is -2.40. The number of ether oxygens (including phenoxy) is 1. The van der Waals surface area contributed by atoms with Gasteiger partial charge in [0.05, 0.1) is 5.41 Å². The van der Waals surface area contributed by atoms with Crippen molar-refractivity contribution in [2.45, 2.75) is 63.5 Å². The van der Waals surface area contributed by atoms with E-state index in [2.05, 4.69) is 36.2 Å². The Morgan fingerprint density at radius 2 is 2.00 bits per heavy atom. The second-order valence-corrected chi connectivity index (χ2v) is 7.70. The van der Waals surface area contributed by atoms with Gasteiger partial charge in [-0.15, -0.1) is 0 Å². The minimum atomic E-state index is -0.438. The van der Waals surface area contributed by atoms with Crippen LogP contribution in [-0.2, 0) is 14.9 Å². The maximum absolute atomic E-state index is 13.2. The molecule has 2 aliphatic heterocycles. The second kappa shape index (κ2) is 8.33. The van der Waals surface area contributed by atoms with Gasteiger partial charge in [-0.1, -0.05) is 36.8 Å². The van der Waals surface area contributed by atoms with Crippen molar-refractivity contribution in [2.24, 2.45) is 0 Å². The third-order valence-corrected chi connectivity index (χ3v) is 6.09. The largest absolute Gasteiger partial charge is 0.381 e. The predicted octanol–water partition coefficient (Wildman–Crippen LogP) is 3.11. The van der Waals surface area contributed by atoms with Gasteiger partial charge in [0.2, 0.25) is 5.91 Å². The molecule has 4 heteroatoms. The van der Waals surface area contributed by atoms with Gasteiger partial charge in [0, 0.05) is 31.8 Å². The molecule has 0 aromatic heterocycles. The maximum atomic E-state index is 13.2. The first kappa shape index (κ1) is 18.4. The highest BCUT2D eigenvalue weighted by Gasteiger charge is 2.41. The molecule has 0 bridgehead atoms. The average Bonchev–Trinajstić information content (AvgIpc) is 2.67. The van der Waals surface area contributed by atoms with E-state index in [4.69, 9.17) is 4.74 Å². The summed E-state index contributed by atoms with van der Waals surface area (Å²) in [7, 11) is 0. The van der Waals surface area contributed by atoms with E-state index in [0.29, 0.717) is 25.3 Å². The van der Waals surface area contributed by atoms with Crippen molar-refractivity contribution in [3.8, 4) is 0 Å². The van der Waals surface area contributed by atoms with E-state index >= 15 is 0 Å². The SMILES string of the molecule is C[C@@H]1CCCCN1[C@@H](C)CNC(=O)C1(c2ccccc2)CCOCC1. The monoisotopic (exact) mass is 344 g/mol. The van der Waals surface area contributed by atoms with Crippen LogP contribution < -0.4 is 5.32 Å². The van der Waals surface area contributed by atoms with E-state index in [1.807, 2.05) is 18.2 Å². The van der Waals surface area contributed by atoms with Gasteiger partial charge in [-0.25, -0.2) is 0 Å². The summed E-state index contributed by atoms with van der Waals surface area (Å²) in [5.74, 6) is 0.165. The fourth-order valence-electron chi connectivity index (χ4n) is 4.43. The summed E-state index contributed by atoms with van der Waals surface area (Å²) in [6.45, 7) is 7.72. The van der Waals surface area contributed by atoms with Crippen LogP contribution in [0.4, 0.5) is 0 Å². The number of carbonyl (C=O) groups excluding carboxylic acids is 1. The van der Waals surface area contributed by atoms with Crippen LogP contribution in [0.2, 0.25) is 0 Å². The smallest absolute Gasteiger partial charge is 0.230 e. The lowest BCUT2D eigenvalue weighted by Crippen LogP contribution is -2.53. The zero-order chi connectivity index (χ0) is 17.7. The standard InChI is InChI=1S/C21H32N2O2/c1-17-8-6-7-13-23(17)18(2)16-22-20(24)21(11-14-25-15-12-21)19-9-4-3-5-10-19/h3-5,9-10,17-18H,6-8,11-16H2,1-2H3,(H,22,24)/t17-,18+/m1/s1. The highest BCUT2D eigenvalue weighted by atomic mass is 16.5. The number of rotatable bonds is 5. The molecule has 1 N–H and O–H groups in total. The van der Waals surface area contributed by atoms with Gasteiger partial charge in [0.1, 0.15) is 0 Å². The highest BCUT2D eigenvalue weighted by molar-refractivity contribution is 5.88. The summed E-state index contributed by atoms with van der Waals surface area (Å²) in [6, 6.07) is 11.2. The Balaban J connectivity index is 1.67. The van der Waals surface area contributed by atoms with Crippen molar-refractivity contribution in [2.75, 3.05) is 26.3 Å². The molecule has 2 saturated heterocycles. The van der Waals surface area contributed by atoms with E-state index in [0.717, 1.165) is 31.5 Å². The summed E-state index contributed by atoms with van der Waals surface area (Å²) in [5, 5.41) is 3.27. The third kappa shape index (κ3) is 4.06. The molecule has 3 rings (SSSR count). The molecule has 0 aliphatic carbocycles. The molecule has 2 heterocycles. The van der Waals surface area contributed by atoms with Crippen LogP contribution in [0.15, 0.2) is 30.3 Å². The molecule has 1 aromatic carbocycles. The number of carbonyl (C=O) groups is 1. The Kier molecular flexibility index (Phi) is 6.13. The zero-order valence-electron chi connectivity index (χ0n) is 15.7. The van der Waals surface area contributed by atoms with Gasteiger partial charge in [0.15, 0.2) is 0 Å². The Morgan fingerprint density at radius 3 is 2.68 bits per heavy atom. The summed E-state index contributed by atoms with van der Waals surface area (Å²) in [6.07, 6.45) is 5.39. The minimum Gasteiger partial charge on any atom is -0.381 e. The number of piperidine rings is 1. The molecule has 138 valence electrons. The fraction of sp³-hybridized carbons (Fsp3) is 0.667. The molecule has 0 spiro atoms. The second-order valence-electron chi connectivity index (χ2n) is 7.70. The molecule has 2 fully saturated rings. The first-order chi connectivity index (χ1) is 12.1. The zero-order valence-corrected chi connectivity index (χ0v) is 15.7. The lowest BCUT2D eigenvalue weighted by atomic mass is 9.73. The minimum absolute atomic E-state index is 0.165. The third-order valence-electron chi connectivity index (χ3n) is 6.09. The Labute approximate surface area is 151 Å². The van der Waals surface area contributed by atoms with Crippen molar-refractivity contribution in [1.82, 2.24) is 10.2 Å². The van der Waals surface area contributed by atoms with Crippen molar-refractivity contribution < 1.29 is 9.53 Å². The summed E-state index contributed by atoms with van der Waals surface area (Å²) < 4.78 is 5.54. The van der Waals surface area contributed by atoms with Crippen LogP contribution in [0.3, 0.4) is 0 Å². The first-order valence-corrected chi connectivity index (χ1v) is 9.81. The maximum Gasteiger partial charge on any atom is 0.230 e. The van der Waals surface area contributed by atoms with Gasteiger partial charge in [-0.2, -0.15) is 0 Å². The molecular formula is C21H32N2O2. The Bertz CT molecular complexity index is 554. The lowest BCUT2D eigenvalue weighted by molar-refractivity contribution is -0.130.